The monoisotopic (exact) mass is 545 g/mol. The van der Waals surface area contributed by atoms with Gasteiger partial charge in [-0.3, -0.25) is 33.6 Å². The fraction of sp³-hybridized carbons (Fsp3) is 0.588. The number of amides is 3. The van der Waals surface area contributed by atoms with E-state index in [0.29, 0.717) is 0 Å². The summed E-state index contributed by atoms with van der Waals surface area (Å²) in [6.45, 7) is 0. The van der Waals surface area contributed by atoms with E-state index in [9.17, 15) is 33.6 Å². The quantitative estimate of drug-likeness (QED) is 0.0962. The summed E-state index contributed by atoms with van der Waals surface area (Å²) in [6, 6.07) is -3.94. The number of aliphatic carboxylic acids is 4. The highest BCUT2D eigenvalue weighted by atomic mass is 32.1. The standard InChI is InChI=1S/2C5H10N2O3.C4H8N2O3.C3H7NO2S/c2*6-3(5(9)10)1-2-4(7)8;5-2(4(8)9)1-3(6)7;4-2(1-7)3(5)6/h2*3H,1-2,6H2,(H2,7,8)(H,9,10);2H,1,5H2,(H2,6,7)(H,8,9);2,7H,1,4H2,(H,5,6)/t2*3-;2*2-/m0000/s1. The predicted octanol–water partition coefficient (Wildman–Crippen LogP) is -5.07. The molecule has 0 aromatic heterocycles. The lowest BCUT2D eigenvalue weighted by molar-refractivity contribution is -0.140. The zero-order valence-electron chi connectivity index (χ0n) is 19.2. The van der Waals surface area contributed by atoms with Gasteiger partial charge in [0.25, 0.3) is 0 Å². The molecule has 0 unspecified atom stereocenters. The maximum Gasteiger partial charge on any atom is 0.321 e. The van der Waals surface area contributed by atoms with Crippen molar-refractivity contribution in [1.29, 1.82) is 0 Å². The van der Waals surface area contributed by atoms with Crippen molar-refractivity contribution in [2.24, 2.45) is 40.1 Å². The van der Waals surface area contributed by atoms with Gasteiger partial charge in [0.2, 0.25) is 17.7 Å². The first-order chi connectivity index (χ1) is 16.3. The van der Waals surface area contributed by atoms with Gasteiger partial charge in [-0.25, -0.2) is 0 Å². The van der Waals surface area contributed by atoms with E-state index in [-0.39, 0.29) is 37.9 Å². The fourth-order valence-corrected chi connectivity index (χ4v) is 1.38. The summed E-state index contributed by atoms with van der Waals surface area (Å²) >= 11 is 3.65. The van der Waals surface area contributed by atoms with E-state index in [4.69, 9.17) is 54.8 Å². The summed E-state index contributed by atoms with van der Waals surface area (Å²) in [5, 5.41) is 32.5. The van der Waals surface area contributed by atoms with E-state index in [2.05, 4.69) is 18.4 Å². The second-order valence-electron chi connectivity index (χ2n) is 6.64. The normalized spacial score (nSPS) is 12.7. The number of hydrogen-bond acceptors (Lipinski definition) is 12. The molecule has 0 aliphatic heterocycles. The Hall–Kier alpha value is -3.52. The molecule has 4 atom stereocenters. The number of carboxylic acids is 4. The van der Waals surface area contributed by atoms with Crippen molar-refractivity contribution in [3.8, 4) is 0 Å². The summed E-state index contributed by atoms with van der Waals surface area (Å²) in [5.41, 5.74) is 34.1. The Kier molecular flexibility index (Phi) is 25.6. The van der Waals surface area contributed by atoms with Crippen LogP contribution in [0.25, 0.3) is 0 Å². The molecular weight excluding hydrogens is 510 g/mol. The number of primary amides is 3. The summed E-state index contributed by atoms with van der Waals surface area (Å²) in [7, 11) is 0. The maximum absolute atomic E-state index is 10.1. The Morgan fingerprint density at radius 2 is 0.806 bits per heavy atom. The molecule has 18 N–H and O–H groups in total. The average Bonchev–Trinajstić information content (AvgIpc) is 2.75. The largest absolute Gasteiger partial charge is 0.480 e. The van der Waals surface area contributed by atoms with Crippen molar-refractivity contribution < 1.29 is 54.0 Å². The minimum absolute atomic E-state index is 0.0213. The fourth-order valence-electron chi connectivity index (χ4n) is 1.22. The second kappa shape index (κ2) is 23.2. The smallest absolute Gasteiger partial charge is 0.321 e. The average molecular weight is 546 g/mol. The van der Waals surface area contributed by atoms with E-state index < -0.39 is 65.8 Å². The van der Waals surface area contributed by atoms with E-state index in [1.807, 2.05) is 0 Å². The predicted molar refractivity (Wildman–Crippen MR) is 127 cm³/mol. The van der Waals surface area contributed by atoms with Crippen molar-refractivity contribution >= 4 is 54.2 Å². The summed E-state index contributed by atoms with van der Waals surface area (Å²) < 4.78 is 0. The van der Waals surface area contributed by atoms with Gasteiger partial charge in [-0.2, -0.15) is 12.6 Å². The lowest BCUT2D eigenvalue weighted by Gasteiger charge is -2.01. The van der Waals surface area contributed by atoms with Crippen LogP contribution in [-0.4, -0.2) is 91.9 Å². The molecule has 18 nitrogen and oxygen atoms in total. The molecule has 0 aliphatic carbocycles. The number of carbonyl (C=O) groups is 7. The van der Waals surface area contributed by atoms with Gasteiger partial charge >= 0.3 is 23.9 Å². The van der Waals surface area contributed by atoms with Gasteiger partial charge < -0.3 is 60.6 Å². The van der Waals surface area contributed by atoms with Crippen molar-refractivity contribution in [2.75, 3.05) is 5.75 Å². The van der Waals surface area contributed by atoms with Crippen molar-refractivity contribution in [3.05, 3.63) is 0 Å². The van der Waals surface area contributed by atoms with Gasteiger partial charge in [0.15, 0.2) is 0 Å². The van der Waals surface area contributed by atoms with Crippen molar-refractivity contribution in [3.63, 3.8) is 0 Å². The first kappa shape index (κ1) is 39.7. The zero-order chi connectivity index (χ0) is 29.6. The van der Waals surface area contributed by atoms with Crippen molar-refractivity contribution in [1.82, 2.24) is 0 Å². The molecule has 3 amide bonds. The highest BCUT2D eigenvalue weighted by Crippen LogP contribution is 1.93. The van der Waals surface area contributed by atoms with Gasteiger partial charge in [0.05, 0.1) is 6.42 Å². The van der Waals surface area contributed by atoms with E-state index in [1.54, 1.807) is 0 Å². The van der Waals surface area contributed by atoms with Crippen LogP contribution in [0.3, 0.4) is 0 Å². The van der Waals surface area contributed by atoms with Crippen LogP contribution in [0.15, 0.2) is 0 Å². The van der Waals surface area contributed by atoms with Crippen LogP contribution in [-0.2, 0) is 33.6 Å². The molecular formula is C17H35N7O11S. The summed E-state index contributed by atoms with van der Waals surface area (Å²) in [6.07, 6.45) is -0.0639. The zero-order valence-corrected chi connectivity index (χ0v) is 20.1. The molecule has 36 heavy (non-hydrogen) atoms. The number of hydrogen-bond donors (Lipinski definition) is 12. The molecule has 0 heterocycles. The van der Waals surface area contributed by atoms with Gasteiger partial charge in [0, 0.05) is 18.6 Å². The van der Waals surface area contributed by atoms with Gasteiger partial charge in [-0.15, -0.1) is 0 Å². The van der Waals surface area contributed by atoms with Crippen molar-refractivity contribution in [2.45, 2.75) is 56.3 Å². The third kappa shape index (κ3) is 32.7. The molecule has 0 saturated carbocycles. The van der Waals surface area contributed by atoms with Crippen LogP contribution in [0.2, 0.25) is 0 Å². The molecule has 0 aromatic rings. The number of carboxylic acid groups (broad SMARTS) is 4. The minimum atomic E-state index is -1.21. The SMILES string of the molecule is NC(=O)CC[C@H](N)C(=O)O.NC(=O)CC[C@H](N)C(=O)O.NC(=O)C[C@H](N)C(=O)O.N[C@@H](CS)C(=O)O. The first-order valence-corrected chi connectivity index (χ1v) is 10.3. The van der Waals surface area contributed by atoms with Crippen LogP contribution in [0, 0.1) is 0 Å². The highest BCUT2D eigenvalue weighted by Gasteiger charge is 2.13. The lowest BCUT2D eigenvalue weighted by atomic mass is 10.2. The molecule has 19 heteroatoms. The van der Waals surface area contributed by atoms with E-state index >= 15 is 0 Å². The van der Waals surface area contributed by atoms with Gasteiger partial charge in [-0.05, 0) is 12.8 Å². The Bertz CT molecular complexity index is 706. The summed E-state index contributed by atoms with van der Waals surface area (Å²) in [5.74, 6) is -6.01. The Morgan fingerprint density at radius 1 is 0.528 bits per heavy atom. The molecule has 0 saturated heterocycles. The minimum Gasteiger partial charge on any atom is -0.480 e. The third-order valence-corrected chi connectivity index (χ3v) is 3.68. The third-order valence-electron chi connectivity index (χ3n) is 3.29. The second-order valence-corrected chi connectivity index (χ2v) is 7.01. The number of carbonyl (C=O) groups excluding carboxylic acids is 3. The van der Waals surface area contributed by atoms with Crippen LogP contribution in [0.4, 0.5) is 0 Å². The van der Waals surface area contributed by atoms with Gasteiger partial charge in [-0.1, -0.05) is 0 Å². The topological polar surface area (TPSA) is 383 Å². The molecule has 0 radical (unpaired) electrons. The highest BCUT2D eigenvalue weighted by molar-refractivity contribution is 7.80. The lowest BCUT2D eigenvalue weighted by Crippen LogP contribution is -2.34. The molecule has 0 fully saturated rings. The molecule has 0 aromatic carbocycles. The number of nitrogens with two attached hydrogens (primary N) is 7. The van der Waals surface area contributed by atoms with Crippen LogP contribution in [0.5, 0.6) is 0 Å². The van der Waals surface area contributed by atoms with Gasteiger partial charge in [0.1, 0.15) is 24.2 Å². The van der Waals surface area contributed by atoms with E-state index in [1.165, 1.54) is 0 Å². The molecule has 0 aliphatic rings. The van der Waals surface area contributed by atoms with E-state index in [0.717, 1.165) is 0 Å². The molecule has 0 spiro atoms. The maximum atomic E-state index is 10.1. The molecule has 0 bridgehead atoms. The van der Waals surface area contributed by atoms with Crippen LogP contribution in [0.1, 0.15) is 32.1 Å². The summed E-state index contributed by atoms with van der Waals surface area (Å²) in [4.78, 5) is 69.9. The van der Waals surface area contributed by atoms with Crippen LogP contribution < -0.4 is 40.1 Å². The Balaban J connectivity index is -0.000000191. The van der Waals surface area contributed by atoms with Crippen LogP contribution >= 0.6 is 12.6 Å². The first-order valence-electron chi connectivity index (χ1n) is 9.69. The molecule has 0 rings (SSSR count). The molecule has 210 valence electrons. The Labute approximate surface area is 210 Å². The number of rotatable bonds is 13. The Morgan fingerprint density at radius 3 is 0.917 bits per heavy atom. The number of thiol groups is 1.